The van der Waals surface area contributed by atoms with Crippen molar-refractivity contribution in [2.45, 2.75) is 25.4 Å². The molecular formula is C26H23ClFN3O. The van der Waals surface area contributed by atoms with Crippen LogP contribution in [0, 0.1) is 5.82 Å². The minimum atomic E-state index is -0.298. The number of hydrogen-bond donors (Lipinski definition) is 0. The van der Waals surface area contributed by atoms with Gasteiger partial charge in [0.1, 0.15) is 5.82 Å². The molecule has 0 aromatic heterocycles. The van der Waals surface area contributed by atoms with E-state index in [9.17, 15) is 9.18 Å². The summed E-state index contributed by atoms with van der Waals surface area (Å²) in [4.78, 5) is 15.6. The van der Waals surface area contributed by atoms with Crippen LogP contribution in [0.4, 0.5) is 4.39 Å². The number of nitrogens with zero attached hydrogens (tertiary/aromatic N) is 3. The molecule has 0 aliphatic carbocycles. The molecule has 162 valence electrons. The predicted molar refractivity (Wildman–Crippen MR) is 124 cm³/mol. The molecular weight excluding hydrogens is 425 g/mol. The Morgan fingerprint density at radius 2 is 1.72 bits per heavy atom. The fourth-order valence-electron chi connectivity index (χ4n) is 4.50. The van der Waals surface area contributed by atoms with E-state index in [2.05, 4.69) is 28.2 Å². The smallest absolute Gasteiger partial charge is 0.257 e. The van der Waals surface area contributed by atoms with Crippen molar-refractivity contribution in [2.24, 2.45) is 5.10 Å². The highest BCUT2D eigenvalue weighted by molar-refractivity contribution is 6.31. The second-order valence-electron chi connectivity index (χ2n) is 8.26. The van der Waals surface area contributed by atoms with Crippen molar-refractivity contribution in [3.05, 3.63) is 106 Å². The zero-order chi connectivity index (χ0) is 22.1. The first-order chi connectivity index (χ1) is 15.6. The Labute approximate surface area is 191 Å². The third-order valence-electron chi connectivity index (χ3n) is 6.18. The van der Waals surface area contributed by atoms with E-state index in [1.807, 2.05) is 30.3 Å². The molecule has 0 saturated heterocycles. The van der Waals surface area contributed by atoms with Crippen LogP contribution >= 0.6 is 11.6 Å². The minimum absolute atomic E-state index is 0.0635. The molecule has 4 nitrogen and oxygen atoms in total. The lowest BCUT2D eigenvalue weighted by atomic mass is 9.98. The first-order valence-electron chi connectivity index (χ1n) is 10.8. The Morgan fingerprint density at radius 3 is 2.50 bits per heavy atom. The quantitative estimate of drug-likeness (QED) is 0.550. The lowest BCUT2D eigenvalue weighted by Crippen LogP contribution is -2.40. The van der Waals surface area contributed by atoms with Crippen LogP contribution in [0.2, 0.25) is 5.02 Å². The zero-order valence-corrected chi connectivity index (χ0v) is 18.3. The number of fused-ring (bicyclic) bond motifs is 1. The molecule has 0 spiro atoms. The van der Waals surface area contributed by atoms with E-state index in [-0.39, 0.29) is 24.3 Å². The molecule has 2 aliphatic rings. The molecule has 0 bridgehead atoms. The standard InChI is InChI=1S/C26H23ClFN3O/c27-23-8-4-3-7-22(23)25-15-24(19-9-11-21(28)12-10-19)29-31(25)26(32)17-30-14-13-18-5-1-2-6-20(18)16-30/h1-12,25H,13-17H2. The van der Waals surface area contributed by atoms with Crippen molar-refractivity contribution in [3.8, 4) is 0 Å². The van der Waals surface area contributed by atoms with Gasteiger partial charge in [0.25, 0.3) is 5.91 Å². The number of amides is 1. The SMILES string of the molecule is O=C(CN1CCc2ccccc2C1)N1N=C(c2ccc(F)cc2)CC1c1ccccc1Cl. The van der Waals surface area contributed by atoms with Crippen molar-refractivity contribution in [1.29, 1.82) is 0 Å². The summed E-state index contributed by atoms with van der Waals surface area (Å²) < 4.78 is 13.4. The van der Waals surface area contributed by atoms with Gasteiger partial charge in [0, 0.05) is 24.5 Å². The van der Waals surface area contributed by atoms with Crippen LogP contribution in [0.5, 0.6) is 0 Å². The third kappa shape index (κ3) is 4.18. The van der Waals surface area contributed by atoms with E-state index >= 15 is 0 Å². The highest BCUT2D eigenvalue weighted by Crippen LogP contribution is 2.36. The maximum Gasteiger partial charge on any atom is 0.257 e. The topological polar surface area (TPSA) is 35.9 Å². The van der Waals surface area contributed by atoms with E-state index in [1.165, 1.54) is 23.3 Å². The number of carbonyl (C=O) groups excluding carboxylic acids is 1. The van der Waals surface area contributed by atoms with Gasteiger partial charge < -0.3 is 0 Å². The predicted octanol–water partition coefficient (Wildman–Crippen LogP) is 5.22. The average Bonchev–Trinajstić information content (AvgIpc) is 3.25. The van der Waals surface area contributed by atoms with Crippen molar-refractivity contribution in [3.63, 3.8) is 0 Å². The largest absolute Gasteiger partial charge is 0.290 e. The highest BCUT2D eigenvalue weighted by Gasteiger charge is 2.35. The fraction of sp³-hybridized carbons (Fsp3) is 0.231. The lowest BCUT2D eigenvalue weighted by molar-refractivity contribution is -0.134. The Kier molecular flexibility index (Phi) is 5.77. The monoisotopic (exact) mass is 447 g/mol. The normalized spacial score (nSPS) is 18.4. The molecule has 6 heteroatoms. The molecule has 3 aromatic carbocycles. The molecule has 1 amide bonds. The van der Waals surface area contributed by atoms with E-state index in [0.717, 1.165) is 36.3 Å². The summed E-state index contributed by atoms with van der Waals surface area (Å²) in [6.45, 7) is 1.87. The molecule has 0 radical (unpaired) electrons. The van der Waals surface area contributed by atoms with Crippen LogP contribution in [-0.2, 0) is 17.8 Å². The van der Waals surface area contributed by atoms with Crippen LogP contribution in [0.3, 0.4) is 0 Å². The molecule has 0 saturated carbocycles. The number of halogens is 2. The molecule has 1 atom stereocenters. The van der Waals surface area contributed by atoms with Crippen LogP contribution in [-0.4, -0.2) is 34.6 Å². The molecule has 0 N–H and O–H groups in total. The molecule has 1 unspecified atom stereocenters. The number of carbonyl (C=O) groups is 1. The van der Waals surface area contributed by atoms with Gasteiger partial charge in [-0.2, -0.15) is 5.10 Å². The van der Waals surface area contributed by atoms with Gasteiger partial charge in [0.15, 0.2) is 0 Å². The van der Waals surface area contributed by atoms with Gasteiger partial charge in [-0.05, 0) is 46.9 Å². The van der Waals surface area contributed by atoms with Gasteiger partial charge in [-0.25, -0.2) is 9.40 Å². The number of hydrogen-bond acceptors (Lipinski definition) is 3. The van der Waals surface area contributed by atoms with E-state index in [4.69, 9.17) is 11.6 Å². The summed E-state index contributed by atoms with van der Waals surface area (Å²) in [5.41, 5.74) is 5.05. The number of hydrazone groups is 1. The Hall–Kier alpha value is -3.02. The van der Waals surface area contributed by atoms with Crippen molar-refractivity contribution >= 4 is 23.2 Å². The summed E-state index contributed by atoms with van der Waals surface area (Å²) >= 11 is 6.49. The molecule has 32 heavy (non-hydrogen) atoms. The van der Waals surface area contributed by atoms with Gasteiger partial charge in [-0.15, -0.1) is 0 Å². The van der Waals surface area contributed by atoms with Crippen LogP contribution in [0.1, 0.15) is 34.7 Å². The van der Waals surface area contributed by atoms with Gasteiger partial charge in [-0.3, -0.25) is 9.69 Å². The first-order valence-corrected chi connectivity index (χ1v) is 11.2. The van der Waals surface area contributed by atoms with E-state index < -0.39 is 0 Å². The average molecular weight is 448 g/mol. The molecule has 0 fully saturated rings. The third-order valence-corrected chi connectivity index (χ3v) is 6.52. The van der Waals surface area contributed by atoms with Crippen molar-refractivity contribution in [1.82, 2.24) is 9.91 Å². The zero-order valence-electron chi connectivity index (χ0n) is 17.5. The molecule has 5 rings (SSSR count). The summed E-state index contributed by atoms with van der Waals surface area (Å²) in [5, 5.41) is 6.87. The van der Waals surface area contributed by atoms with Gasteiger partial charge in [0.2, 0.25) is 0 Å². The van der Waals surface area contributed by atoms with E-state index in [1.54, 1.807) is 17.1 Å². The lowest BCUT2D eigenvalue weighted by Gasteiger charge is -2.30. The maximum absolute atomic E-state index is 13.4. The number of rotatable bonds is 4. The minimum Gasteiger partial charge on any atom is -0.290 e. The Morgan fingerprint density at radius 1 is 1.00 bits per heavy atom. The summed E-state index contributed by atoms with van der Waals surface area (Å²) in [6, 6.07) is 21.9. The Balaban J connectivity index is 1.41. The van der Waals surface area contributed by atoms with Crippen LogP contribution in [0.15, 0.2) is 77.9 Å². The van der Waals surface area contributed by atoms with Gasteiger partial charge in [-0.1, -0.05) is 66.2 Å². The summed E-state index contributed by atoms with van der Waals surface area (Å²) in [6.07, 6.45) is 1.46. The van der Waals surface area contributed by atoms with E-state index in [0.29, 0.717) is 11.4 Å². The van der Waals surface area contributed by atoms with Gasteiger partial charge >= 0.3 is 0 Å². The summed E-state index contributed by atoms with van der Waals surface area (Å²) in [7, 11) is 0. The second kappa shape index (κ2) is 8.85. The highest BCUT2D eigenvalue weighted by atomic mass is 35.5. The maximum atomic E-state index is 13.4. The fourth-order valence-corrected chi connectivity index (χ4v) is 4.76. The second-order valence-corrected chi connectivity index (χ2v) is 8.67. The molecule has 2 heterocycles. The first kappa shape index (κ1) is 20.9. The van der Waals surface area contributed by atoms with Crippen LogP contribution in [0.25, 0.3) is 0 Å². The Bertz CT molecular complexity index is 1180. The molecule has 2 aliphatic heterocycles. The molecule has 3 aromatic rings. The van der Waals surface area contributed by atoms with Gasteiger partial charge in [0.05, 0.1) is 18.3 Å². The number of benzene rings is 3. The summed E-state index contributed by atoms with van der Waals surface area (Å²) in [5.74, 6) is -0.361. The van der Waals surface area contributed by atoms with Crippen molar-refractivity contribution in [2.75, 3.05) is 13.1 Å². The van der Waals surface area contributed by atoms with Crippen molar-refractivity contribution < 1.29 is 9.18 Å². The van der Waals surface area contributed by atoms with Crippen LogP contribution < -0.4 is 0 Å².